The van der Waals surface area contributed by atoms with E-state index in [0.717, 1.165) is 114 Å². The fourth-order valence-electron chi connectivity index (χ4n) is 11.5. The van der Waals surface area contributed by atoms with Crippen molar-refractivity contribution >= 4 is 39.5 Å². The summed E-state index contributed by atoms with van der Waals surface area (Å²) >= 11 is 0. The molecule has 95 heavy (non-hydrogen) atoms. The lowest BCUT2D eigenvalue weighted by Crippen LogP contribution is -2.30. The van der Waals surface area contributed by atoms with Crippen LogP contribution in [0.2, 0.25) is 0 Å². The molecule has 4 unspecified atom stereocenters. The van der Waals surface area contributed by atoms with Gasteiger partial charge in [0.2, 0.25) is 0 Å². The molecule has 0 rings (SSSR count). The molecule has 3 N–H and O–H groups in total. The number of carbonyl (C=O) groups is 4. The fraction of sp³-hybridized carbons (Fsp3) is 0.947. The van der Waals surface area contributed by atoms with Crippen LogP contribution < -0.4 is 0 Å². The normalized spacial score (nSPS) is 14.7. The Bertz CT molecular complexity index is 1870. The molecule has 0 bridgehead atoms. The second-order valence-corrected chi connectivity index (χ2v) is 31.7. The zero-order chi connectivity index (χ0) is 70.3. The van der Waals surface area contributed by atoms with Crippen molar-refractivity contribution in [2.45, 2.75) is 401 Å². The van der Waals surface area contributed by atoms with Crippen LogP contribution in [0.1, 0.15) is 383 Å². The van der Waals surface area contributed by atoms with Gasteiger partial charge in [-0.25, -0.2) is 9.13 Å². The van der Waals surface area contributed by atoms with Gasteiger partial charge in [-0.3, -0.25) is 37.3 Å². The smallest absolute Gasteiger partial charge is 0.462 e. The van der Waals surface area contributed by atoms with Gasteiger partial charge in [-0.15, -0.1) is 0 Å². The summed E-state index contributed by atoms with van der Waals surface area (Å²) in [5, 5.41) is 10.6. The predicted molar refractivity (Wildman–Crippen MR) is 386 cm³/mol. The van der Waals surface area contributed by atoms with Crippen molar-refractivity contribution in [3.63, 3.8) is 0 Å². The van der Waals surface area contributed by atoms with Gasteiger partial charge < -0.3 is 33.8 Å². The first-order valence-electron chi connectivity index (χ1n) is 39.3. The highest BCUT2D eigenvalue weighted by Crippen LogP contribution is 2.45. The topological polar surface area (TPSA) is 237 Å². The number of unbranched alkanes of at least 4 members (excludes halogenated alkanes) is 37. The van der Waals surface area contributed by atoms with E-state index in [2.05, 4.69) is 55.4 Å². The van der Waals surface area contributed by atoms with E-state index in [1.165, 1.54) is 186 Å². The number of phosphoric acid groups is 2. The molecule has 0 aliphatic heterocycles. The Morgan fingerprint density at radius 1 is 0.295 bits per heavy atom. The van der Waals surface area contributed by atoms with Crippen LogP contribution in [0.4, 0.5) is 0 Å². The summed E-state index contributed by atoms with van der Waals surface area (Å²) in [4.78, 5) is 72.8. The van der Waals surface area contributed by atoms with Crippen LogP contribution in [-0.4, -0.2) is 96.7 Å². The number of aliphatic hydroxyl groups excluding tert-OH is 1. The largest absolute Gasteiger partial charge is 0.472 e. The molecule has 19 heteroatoms. The minimum atomic E-state index is -4.96. The van der Waals surface area contributed by atoms with E-state index in [9.17, 15) is 43.2 Å². The molecular formula is C76H148O17P2. The lowest BCUT2D eigenvalue weighted by Gasteiger charge is -2.21. The zero-order valence-electron chi connectivity index (χ0n) is 62.3. The molecule has 0 spiro atoms. The van der Waals surface area contributed by atoms with Crippen molar-refractivity contribution in [3.05, 3.63) is 0 Å². The van der Waals surface area contributed by atoms with E-state index in [0.29, 0.717) is 25.7 Å². The fourth-order valence-corrected chi connectivity index (χ4v) is 13.1. The van der Waals surface area contributed by atoms with Crippen LogP contribution in [0, 0.1) is 23.7 Å². The monoisotopic (exact) mass is 1400 g/mol. The Kier molecular flexibility index (Phi) is 64.0. The molecule has 0 aliphatic carbocycles. The van der Waals surface area contributed by atoms with Gasteiger partial charge in [0.15, 0.2) is 12.2 Å². The number of phosphoric ester groups is 2. The Morgan fingerprint density at radius 2 is 0.505 bits per heavy atom. The minimum absolute atomic E-state index is 0.104. The summed E-state index contributed by atoms with van der Waals surface area (Å²) < 4.78 is 68.6. The zero-order valence-corrected chi connectivity index (χ0v) is 64.1. The molecule has 0 amide bonds. The number of carbonyl (C=O) groups excluding carboxylic acids is 4. The predicted octanol–water partition coefficient (Wildman–Crippen LogP) is 22.0. The van der Waals surface area contributed by atoms with Gasteiger partial charge in [0.1, 0.15) is 19.3 Å². The first-order chi connectivity index (χ1) is 45.7. The van der Waals surface area contributed by atoms with E-state index >= 15 is 0 Å². The van der Waals surface area contributed by atoms with Crippen molar-refractivity contribution in [1.82, 2.24) is 0 Å². The summed E-state index contributed by atoms with van der Waals surface area (Å²) in [5.41, 5.74) is 0. The molecule has 0 radical (unpaired) electrons. The first-order valence-corrected chi connectivity index (χ1v) is 42.3. The first kappa shape index (κ1) is 93.1. The maximum absolute atomic E-state index is 13.1. The van der Waals surface area contributed by atoms with Crippen LogP contribution in [0.3, 0.4) is 0 Å². The van der Waals surface area contributed by atoms with Gasteiger partial charge in [-0.2, -0.15) is 0 Å². The third-order valence-corrected chi connectivity index (χ3v) is 20.2. The maximum atomic E-state index is 13.1. The van der Waals surface area contributed by atoms with Crippen molar-refractivity contribution in [3.8, 4) is 0 Å². The number of ether oxygens (including phenoxy) is 4. The number of hydrogen-bond donors (Lipinski definition) is 3. The molecule has 0 saturated heterocycles. The summed E-state index contributed by atoms with van der Waals surface area (Å²) in [7, 11) is -9.91. The van der Waals surface area contributed by atoms with Crippen molar-refractivity contribution in [2.24, 2.45) is 23.7 Å². The van der Waals surface area contributed by atoms with Gasteiger partial charge in [-0.1, -0.05) is 331 Å². The van der Waals surface area contributed by atoms with Crippen LogP contribution in [-0.2, 0) is 65.4 Å². The quantitative estimate of drug-likeness (QED) is 0.0222. The van der Waals surface area contributed by atoms with Gasteiger partial charge in [-0.05, 0) is 49.4 Å². The van der Waals surface area contributed by atoms with Crippen LogP contribution in [0.15, 0.2) is 0 Å². The van der Waals surface area contributed by atoms with Crippen LogP contribution >= 0.6 is 15.6 Å². The van der Waals surface area contributed by atoms with Crippen LogP contribution in [0.5, 0.6) is 0 Å². The average Bonchev–Trinajstić information content (AvgIpc) is 1.37. The highest BCUT2D eigenvalue weighted by atomic mass is 31.2. The van der Waals surface area contributed by atoms with Crippen molar-refractivity contribution in [2.75, 3.05) is 39.6 Å². The SMILES string of the molecule is CCC(C)CCCCCCCCCCC(=O)OC[C@H](COP(=O)(O)OC[C@H](O)COP(=O)(O)OC[C@@H](COC(=O)CCCCCCCCCCCCCC(C)C)OC(=O)CCCCCCCCCCCCCCCCC(C)C)OC(=O)CCCCCCCCCCC(C)CC. The van der Waals surface area contributed by atoms with Gasteiger partial charge in [0.25, 0.3) is 0 Å². The number of aliphatic hydroxyl groups is 1. The molecule has 7 atom stereocenters. The van der Waals surface area contributed by atoms with Crippen molar-refractivity contribution in [1.29, 1.82) is 0 Å². The van der Waals surface area contributed by atoms with E-state index in [1.54, 1.807) is 0 Å². The summed E-state index contributed by atoms with van der Waals surface area (Å²) in [6.07, 6.45) is 49.8. The lowest BCUT2D eigenvalue weighted by molar-refractivity contribution is -0.161. The van der Waals surface area contributed by atoms with E-state index in [4.69, 9.17) is 37.0 Å². The second kappa shape index (κ2) is 65.4. The highest BCUT2D eigenvalue weighted by molar-refractivity contribution is 7.47. The Balaban J connectivity index is 5.27. The van der Waals surface area contributed by atoms with Gasteiger partial charge in [0, 0.05) is 25.7 Å². The van der Waals surface area contributed by atoms with Crippen LogP contribution in [0.25, 0.3) is 0 Å². The molecule has 0 fully saturated rings. The molecule has 564 valence electrons. The summed E-state index contributed by atoms with van der Waals surface area (Å²) in [5.74, 6) is 0.992. The number of esters is 4. The number of hydrogen-bond acceptors (Lipinski definition) is 15. The van der Waals surface area contributed by atoms with Gasteiger partial charge >= 0.3 is 39.5 Å². The highest BCUT2D eigenvalue weighted by Gasteiger charge is 2.30. The molecule has 17 nitrogen and oxygen atoms in total. The maximum Gasteiger partial charge on any atom is 0.472 e. The minimum Gasteiger partial charge on any atom is -0.462 e. The van der Waals surface area contributed by atoms with Crippen molar-refractivity contribution < 1.29 is 80.2 Å². The summed E-state index contributed by atoms with van der Waals surface area (Å²) in [6.45, 7) is 14.2. The standard InChI is InChI=1S/C76H148O17P2/c1-9-68(7)54-46-38-30-24-26-33-41-49-57-74(79)87-63-72(93-76(81)59-51-43-35-27-25-31-39-47-55-69(8)10-2)65-91-95(84,85)89-61-70(77)60-88-94(82,83)90-64-71(62-86-73(78)56-48-40-32-22-19-15-17-21-29-37-45-53-67(5)6)92-75(80)58-50-42-34-23-18-14-12-11-13-16-20-28-36-44-52-66(3)4/h66-72,77H,9-65H2,1-8H3,(H,82,83)(H,84,85)/t68?,69?,70-,71-,72-/m1/s1. The Morgan fingerprint density at radius 3 is 0.747 bits per heavy atom. The summed E-state index contributed by atoms with van der Waals surface area (Å²) in [6, 6.07) is 0. The molecule has 0 saturated carbocycles. The van der Waals surface area contributed by atoms with Gasteiger partial charge in [0.05, 0.1) is 26.4 Å². The average molecular weight is 1400 g/mol. The molecule has 0 heterocycles. The molecule has 0 aliphatic rings. The van der Waals surface area contributed by atoms with E-state index < -0.39 is 97.5 Å². The lowest BCUT2D eigenvalue weighted by atomic mass is 9.99. The molecular weight excluding hydrogens is 1250 g/mol. The Hall–Kier alpha value is -1.94. The number of rotatable bonds is 73. The third-order valence-electron chi connectivity index (χ3n) is 18.3. The molecule has 0 aromatic carbocycles. The Labute approximate surface area is 581 Å². The second-order valence-electron chi connectivity index (χ2n) is 28.8. The third kappa shape index (κ3) is 67.6. The van der Waals surface area contributed by atoms with E-state index in [1.807, 2.05) is 0 Å². The molecule has 0 aromatic heterocycles. The van der Waals surface area contributed by atoms with E-state index in [-0.39, 0.29) is 25.7 Å². The molecule has 0 aromatic rings.